The zero-order valence-corrected chi connectivity index (χ0v) is 15.8. The minimum Gasteiger partial charge on any atom is -0.461 e. The van der Waals surface area contributed by atoms with Gasteiger partial charge in [-0.25, -0.2) is 0 Å². The largest absolute Gasteiger partial charge is 0.461 e. The zero-order chi connectivity index (χ0) is 17.2. The maximum atomic E-state index is 6.10. The summed E-state index contributed by atoms with van der Waals surface area (Å²) in [7, 11) is 2.26. The van der Waals surface area contributed by atoms with Crippen LogP contribution in [0.4, 0.5) is 5.69 Å². The molecule has 2 aromatic rings. The molecule has 3 nitrogen and oxygen atoms in total. The van der Waals surface area contributed by atoms with Crippen molar-refractivity contribution in [2.45, 2.75) is 70.4 Å². The maximum absolute atomic E-state index is 6.10. The van der Waals surface area contributed by atoms with E-state index in [2.05, 4.69) is 48.0 Å². The van der Waals surface area contributed by atoms with Crippen molar-refractivity contribution >= 4 is 16.7 Å². The Balaban J connectivity index is 1.45. The van der Waals surface area contributed by atoms with E-state index in [4.69, 9.17) is 4.42 Å². The van der Waals surface area contributed by atoms with Gasteiger partial charge >= 0.3 is 0 Å². The summed E-state index contributed by atoms with van der Waals surface area (Å²) in [5.41, 5.74) is 2.37. The smallest absolute Gasteiger partial charge is 0.134 e. The maximum Gasteiger partial charge on any atom is 0.134 e. The predicted octanol–water partition coefficient (Wildman–Crippen LogP) is 5.23. The van der Waals surface area contributed by atoms with Gasteiger partial charge in [0.05, 0.1) is 0 Å². The van der Waals surface area contributed by atoms with Crippen molar-refractivity contribution in [1.29, 1.82) is 0 Å². The molecule has 1 unspecified atom stereocenters. The van der Waals surface area contributed by atoms with E-state index >= 15 is 0 Å². The van der Waals surface area contributed by atoms with Crippen LogP contribution in [0.25, 0.3) is 11.0 Å². The molecule has 2 aliphatic rings. The van der Waals surface area contributed by atoms with Crippen molar-refractivity contribution in [3.8, 4) is 0 Å². The fourth-order valence-electron chi connectivity index (χ4n) is 4.69. The monoisotopic (exact) mass is 340 g/mol. The van der Waals surface area contributed by atoms with E-state index in [1.807, 2.05) is 0 Å². The van der Waals surface area contributed by atoms with Gasteiger partial charge in [0.25, 0.3) is 0 Å². The molecule has 1 saturated heterocycles. The van der Waals surface area contributed by atoms with E-state index in [1.165, 1.54) is 62.6 Å². The first-order valence-corrected chi connectivity index (χ1v) is 10.2. The van der Waals surface area contributed by atoms with E-state index in [9.17, 15) is 0 Å². The summed E-state index contributed by atoms with van der Waals surface area (Å²) >= 11 is 0. The summed E-state index contributed by atoms with van der Waals surface area (Å²) < 4.78 is 6.10. The third-order valence-electron chi connectivity index (χ3n) is 6.42. The normalized spacial score (nSPS) is 22.7. The molecule has 1 aromatic carbocycles. The van der Waals surface area contributed by atoms with Crippen LogP contribution in [-0.2, 0) is 6.42 Å². The molecule has 2 fully saturated rings. The lowest BCUT2D eigenvalue weighted by Gasteiger charge is -2.33. The molecule has 0 amide bonds. The Morgan fingerprint density at radius 1 is 1.08 bits per heavy atom. The van der Waals surface area contributed by atoms with E-state index in [0.717, 1.165) is 30.4 Å². The lowest BCUT2D eigenvalue weighted by Crippen LogP contribution is -2.33. The Labute approximate surface area is 152 Å². The predicted molar refractivity (Wildman–Crippen MR) is 105 cm³/mol. The van der Waals surface area contributed by atoms with Gasteiger partial charge < -0.3 is 14.2 Å². The summed E-state index contributed by atoms with van der Waals surface area (Å²) in [6.07, 6.45) is 10.5. The number of hydrogen-bond donors (Lipinski definition) is 0. The number of furan rings is 1. The number of fused-ring (bicyclic) bond motifs is 1. The molecular weight excluding hydrogens is 308 g/mol. The summed E-state index contributed by atoms with van der Waals surface area (Å²) in [4.78, 5) is 5.08. The topological polar surface area (TPSA) is 19.6 Å². The van der Waals surface area contributed by atoms with Gasteiger partial charge in [-0.05, 0) is 63.4 Å². The van der Waals surface area contributed by atoms with Gasteiger partial charge in [0.1, 0.15) is 11.3 Å². The van der Waals surface area contributed by atoms with Crippen LogP contribution in [0.5, 0.6) is 0 Å². The molecular formula is C22H32N2O. The third-order valence-corrected chi connectivity index (χ3v) is 6.42. The number of benzene rings is 1. The molecule has 0 spiro atoms. The third kappa shape index (κ3) is 3.72. The Bertz CT molecular complexity index is 701. The van der Waals surface area contributed by atoms with Gasteiger partial charge in [-0.15, -0.1) is 0 Å². The van der Waals surface area contributed by atoms with E-state index in [-0.39, 0.29) is 0 Å². The minimum atomic E-state index is 0.703. The number of anilines is 1. The van der Waals surface area contributed by atoms with Crippen LogP contribution in [0.15, 0.2) is 28.7 Å². The van der Waals surface area contributed by atoms with Crippen LogP contribution in [0.1, 0.15) is 57.6 Å². The van der Waals surface area contributed by atoms with Gasteiger partial charge in [0, 0.05) is 43.2 Å². The highest BCUT2D eigenvalue weighted by Gasteiger charge is 2.21. The van der Waals surface area contributed by atoms with Crippen molar-refractivity contribution in [2.24, 2.45) is 0 Å². The Kier molecular flexibility index (Phi) is 5.03. The van der Waals surface area contributed by atoms with Crippen molar-refractivity contribution < 1.29 is 4.42 Å². The van der Waals surface area contributed by atoms with Crippen LogP contribution < -0.4 is 4.90 Å². The standard InChI is InChI=1S/C22H32N2O/c1-17-7-6-13-24(17)14-12-21-16-18-15-20(10-11-22(18)25-21)23(2)19-8-4-3-5-9-19/h10-11,15-17,19H,3-9,12-14H2,1-2H3. The average Bonchev–Trinajstić information content (AvgIpc) is 3.24. The lowest BCUT2D eigenvalue weighted by atomic mass is 9.94. The summed E-state index contributed by atoms with van der Waals surface area (Å²) in [5.74, 6) is 1.13. The highest BCUT2D eigenvalue weighted by atomic mass is 16.3. The van der Waals surface area contributed by atoms with Gasteiger partial charge in [-0.2, -0.15) is 0 Å². The first kappa shape index (κ1) is 17.0. The van der Waals surface area contributed by atoms with Gasteiger partial charge in [0.2, 0.25) is 0 Å². The van der Waals surface area contributed by atoms with Crippen molar-refractivity contribution in [3.05, 3.63) is 30.0 Å². The Morgan fingerprint density at radius 2 is 1.92 bits per heavy atom. The molecule has 1 aromatic heterocycles. The highest BCUT2D eigenvalue weighted by Crippen LogP contribution is 2.30. The fraction of sp³-hybridized carbons (Fsp3) is 0.636. The molecule has 1 atom stereocenters. The van der Waals surface area contributed by atoms with Crippen molar-refractivity contribution in [2.75, 3.05) is 25.0 Å². The first-order chi connectivity index (χ1) is 12.2. The molecule has 0 radical (unpaired) electrons. The molecule has 25 heavy (non-hydrogen) atoms. The summed E-state index contributed by atoms with van der Waals surface area (Å²) in [5, 5.41) is 1.25. The number of nitrogens with zero attached hydrogens (tertiary/aromatic N) is 2. The second-order valence-electron chi connectivity index (χ2n) is 8.11. The Hall–Kier alpha value is -1.48. The lowest BCUT2D eigenvalue weighted by molar-refractivity contribution is 0.266. The average molecular weight is 341 g/mol. The van der Waals surface area contributed by atoms with Crippen LogP contribution in [-0.4, -0.2) is 37.1 Å². The molecule has 1 saturated carbocycles. The van der Waals surface area contributed by atoms with E-state index in [1.54, 1.807) is 0 Å². The van der Waals surface area contributed by atoms with E-state index in [0.29, 0.717) is 6.04 Å². The molecule has 1 aliphatic carbocycles. The van der Waals surface area contributed by atoms with Crippen LogP contribution in [0, 0.1) is 0 Å². The SMILES string of the molecule is CC1CCCN1CCc1cc2cc(N(C)C3CCCCC3)ccc2o1. The van der Waals surface area contributed by atoms with Crippen LogP contribution in [0.2, 0.25) is 0 Å². The van der Waals surface area contributed by atoms with Gasteiger partial charge in [-0.1, -0.05) is 19.3 Å². The second kappa shape index (κ2) is 7.41. The first-order valence-electron chi connectivity index (χ1n) is 10.2. The number of hydrogen-bond acceptors (Lipinski definition) is 3. The summed E-state index contributed by atoms with van der Waals surface area (Å²) in [6, 6.07) is 10.4. The molecule has 3 heteroatoms. The fourth-order valence-corrected chi connectivity index (χ4v) is 4.69. The second-order valence-corrected chi connectivity index (χ2v) is 8.11. The quantitative estimate of drug-likeness (QED) is 0.743. The Morgan fingerprint density at radius 3 is 2.68 bits per heavy atom. The molecule has 136 valence electrons. The van der Waals surface area contributed by atoms with Gasteiger partial charge in [-0.3, -0.25) is 0 Å². The van der Waals surface area contributed by atoms with Crippen LogP contribution >= 0.6 is 0 Å². The van der Waals surface area contributed by atoms with Crippen molar-refractivity contribution in [3.63, 3.8) is 0 Å². The molecule has 0 bridgehead atoms. The van der Waals surface area contributed by atoms with E-state index < -0.39 is 0 Å². The molecule has 1 aliphatic heterocycles. The number of rotatable bonds is 5. The zero-order valence-electron chi connectivity index (χ0n) is 15.8. The minimum absolute atomic E-state index is 0.703. The van der Waals surface area contributed by atoms with Crippen LogP contribution in [0.3, 0.4) is 0 Å². The summed E-state index contributed by atoms with van der Waals surface area (Å²) in [6.45, 7) is 4.71. The molecule has 0 N–H and O–H groups in total. The highest BCUT2D eigenvalue weighted by molar-refractivity contribution is 5.82. The molecule has 2 heterocycles. The molecule has 4 rings (SSSR count). The van der Waals surface area contributed by atoms with Crippen molar-refractivity contribution in [1.82, 2.24) is 4.90 Å². The van der Waals surface area contributed by atoms with Gasteiger partial charge in [0.15, 0.2) is 0 Å². The number of likely N-dealkylation sites (tertiary alicyclic amines) is 1.